The summed E-state index contributed by atoms with van der Waals surface area (Å²) < 4.78 is 6.42. The highest BCUT2D eigenvalue weighted by Gasteiger charge is 2.25. The maximum atomic E-state index is 13.1. The van der Waals surface area contributed by atoms with E-state index in [-0.39, 0.29) is 30.8 Å². The molecule has 1 aromatic heterocycles. The Morgan fingerprint density at radius 3 is 2.25 bits per heavy atom. The van der Waals surface area contributed by atoms with Gasteiger partial charge in [0.05, 0.1) is 13.7 Å². The van der Waals surface area contributed by atoms with Gasteiger partial charge in [-0.1, -0.05) is 66.7 Å². The van der Waals surface area contributed by atoms with E-state index >= 15 is 0 Å². The van der Waals surface area contributed by atoms with Crippen LogP contribution in [0.4, 0.5) is 0 Å². The van der Waals surface area contributed by atoms with E-state index < -0.39 is 30.0 Å². The van der Waals surface area contributed by atoms with Gasteiger partial charge in [0.1, 0.15) is 11.4 Å². The molecule has 10 nitrogen and oxygen atoms in total. The summed E-state index contributed by atoms with van der Waals surface area (Å²) in [5.74, 6) is -2.76. The predicted octanol–water partition coefficient (Wildman–Crippen LogP) is 3.48. The minimum atomic E-state index is -1.70. The number of rotatable bonds is 12. The number of benzene rings is 3. The Morgan fingerprint density at radius 1 is 0.900 bits per heavy atom. The second kappa shape index (κ2) is 12.7. The number of aromatic carboxylic acids is 1. The molecule has 0 radical (unpaired) electrons. The lowest BCUT2D eigenvalue weighted by Crippen LogP contribution is -2.40. The molecular formula is C30H29N3O7. The largest absolute Gasteiger partial charge is 0.497 e. The van der Waals surface area contributed by atoms with Gasteiger partial charge in [-0.3, -0.25) is 9.48 Å². The summed E-state index contributed by atoms with van der Waals surface area (Å²) in [6, 6.07) is 24.8. The van der Waals surface area contributed by atoms with Crippen LogP contribution < -0.4 is 10.1 Å². The number of hydrogen-bond donors (Lipinski definition) is 4. The molecule has 0 fully saturated rings. The quantitative estimate of drug-likeness (QED) is 0.212. The fourth-order valence-electron chi connectivity index (χ4n) is 4.34. The predicted molar refractivity (Wildman–Crippen MR) is 146 cm³/mol. The number of methoxy groups -OCH3 is 1. The second-order valence-electron chi connectivity index (χ2n) is 9.26. The number of aliphatic hydroxyl groups excluding tert-OH is 1. The smallest absolute Gasteiger partial charge is 0.354 e. The molecule has 0 aliphatic carbocycles. The van der Waals surface area contributed by atoms with Crippen LogP contribution in [0.2, 0.25) is 0 Å². The van der Waals surface area contributed by atoms with Crippen molar-refractivity contribution in [1.29, 1.82) is 0 Å². The Labute approximate surface area is 230 Å². The van der Waals surface area contributed by atoms with Crippen molar-refractivity contribution < 1.29 is 34.4 Å². The van der Waals surface area contributed by atoms with Crippen LogP contribution >= 0.6 is 0 Å². The molecule has 2 unspecified atom stereocenters. The molecule has 0 saturated carbocycles. The van der Waals surface area contributed by atoms with Crippen LogP contribution in [0.15, 0.2) is 84.9 Å². The average Bonchev–Trinajstić information content (AvgIpc) is 3.38. The van der Waals surface area contributed by atoms with Crippen LogP contribution in [0.3, 0.4) is 0 Å². The molecule has 2 atom stereocenters. The third kappa shape index (κ3) is 7.12. The summed E-state index contributed by atoms with van der Waals surface area (Å²) >= 11 is 0. The summed E-state index contributed by atoms with van der Waals surface area (Å²) in [6.07, 6.45) is -1.71. The number of carbonyl (C=O) groups excluding carboxylic acids is 1. The standard InChI is InChI=1S/C30H29N3O7/c1-40-24-9-5-6-20(15-24)18-33-26(29(36)37)17-25(32-33)28(35)31-23(16-27(34)30(38)39)14-19-10-12-22(13-11-19)21-7-3-2-4-8-21/h2-13,15,17,23,27,34H,14,16,18H2,1H3,(H,31,35)(H,36,37)(H,38,39). The summed E-state index contributed by atoms with van der Waals surface area (Å²) in [7, 11) is 1.52. The molecule has 10 heteroatoms. The molecule has 40 heavy (non-hydrogen) atoms. The molecule has 0 bridgehead atoms. The number of hydrogen-bond acceptors (Lipinski definition) is 6. The lowest BCUT2D eigenvalue weighted by atomic mass is 9.97. The highest BCUT2D eigenvalue weighted by molar-refractivity contribution is 5.95. The minimum Gasteiger partial charge on any atom is -0.497 e. The fraction of sp³-hybridized carbons (Fsp3) is 0.200. The van der Waals surface area contributed by atoms with E-state index in [9.17, 15) is 29.7 Å². The molecule has 1 amide bonds. The van der Waals surface area contributed by atoms with Crippen molar-refractivity contribution in [3.63, 3.8) is 0 Å². The molecule has 3 aromatic carbocycles. The molecule has 0 saturated heterocycles. The van der Waals surface area contributed by atoms with Gasteiger partial charge in [0.15, 0.2) is 11.8 Å². The maximum absolute atomic E-state index is 13.1. The Bertz CT molecular complexity index is 1480. The van der Waals surface area contributed by atoms with Gasteiger partial charge in [0, 0.05) is 18.5 Å². The molecule has 0 aliphatic heterocycles. The lowest BCUT2D eigenvalue weighted by molar-refractivity contribution is -0.147. The molecule has 4 aromatic rings. The maximum Gasteiger partial charge on any atom is 0.354 e. The normalized spacial score (nSPS) is 12.3. The Hall–Kier alpha value is -4.96. The van der Waals surface area contributed by atoms with Gasteiger partial charge in [-0.15, -0.1) is 0 Å². The zero-order valence-corrected chi connectivity index (χ0v) is 21.7. The number of aliphatic carboxylic acids is 1. The SMILES string of the molecule is COc1cccc(Cn2nc(C(=O)NC(Cc3ccc(-c4ccccc4)cc3)CC(O)C(=O)O)cc2C(=O)O)c1. The Balaban J connectivity index is 1.53. The highest BCUT2D eigenvalue weighted by atomic mass is 16.5. The molecule has 4 N–H and O–H groups in total. The van der Waals surface area contributed by atoms with E-state index in [1.165, 1.54) is 11.8 Å². The van der Waals surface area contributed by atoms with Crippen molar-refractivity contribution in [3.8, 4) is 16.9 Å². The number of nitrogens with zero attached hydrogens (tertiary/aromatic N) is 2. The van der Waals surface area contributed by atoms with Gasteiger partial charge in [-0.05, 0) is 40.8 Å². The first-order valence-corrected chi connectivity index (χ1v) is 12.5. The number of carbonyl (C=O) groups is 3. The van der Waals surface area contributed by atoms with Crippen molar-refractivity contribution >= 4 is 17.8 Å². The number of carboxylic acid groups (broad SMARTS) is 2. The number of ether oxygens (including phenoxy) is 1. The van der Waals surface area contributed by atoms with Crippen LogP contribution in [0.5, 0.6) is 5.75 Å². The van der Waals surface area contributed by atoms with Crippen molar-refractivity contribution in [3.05, 3.63) is 107 Å². The Kier molecular flexibility index (Phi) is 8.93. The summed E-state index contributed by atoms with van der Waals surface area (Å²) in [5, 5.41) is 35.9. The number of aromatic nitrogens is 2. The van der Waals surface area contributed by atoms with Crippen LogP contribution in [0.25, 0.3) is 11.1 Å². The topological polar surface area (TPSA) is 151 Å². The molecular weight excluding hydrogens is 514 g/mol. The van der Waals surface area contributed by atoms with Crippen LogP contribution in [0, 0.1) is 0 Å². The van der Waals surface area contributed by atoms with Crippen molar-refractivity contribution in [2.24, 2.45) is 0 Å². The first kappa shape index (κ1) is 28.1. The molecule has 0 spiro atoms. The van der Waals surface area contributed by atoms with E-state index in [2.05, 4.69) is 10.4 Å². The van der Waals surface area contributed by atoms with E-state index in [1.54, 1.807) is 24.3 Å². The highest BCUT2D eigenvalue weighted by Crippen LogP contribution is 2.21. The number of nitrogens with one attached hydrogen (secondary N) is 1. The first-order valence-electron chi connectivity index (χ1n) is 12.5. The van der Waals surface area contributed by atoms with Gasteiger partial charge < -0.3 is 25.4 Å². The summed E-state index contributed by atoms with van der Waals surface area (Å²) in [5.41, 5.74) is 3.24. The van der Waals surface area contributed by atoms with Crippen molar-refractivity contribution in [2.75, 3.05) is 7.11 Å². The lowest BCUT2D eigenvalue weighted by Gasteiger charge is -2.20. The Morgan fingerprint density at radius 2 is 1.60 bits per heavy atom. The van der Waals surface area contributed by atoms with E-state index in [4.69, 9.17) is 4.74 Å². The van der Waals surface area contributed by atoms with Gasteiger partial charge in [-0.25, -0.2) is 9.59 Å². The fourth-order valence-corrected chi connectivity index (χ4v) is 4.34. The van der Waals surface area contributed by atoms with Crippen molar-refractivity contribution in [2.45, 2.75) is 31.5 Å². The van der Waals surface area contributed by atoms with Gasteiger partial charge in [0.25, 0.3) is 5.91 Å². The van der Waals surface area contributed by atoms with Crippen LogP contribution in [0.1, 0.15) is 38.5 Å². The van der Waals surface area contributed by atoms with Gasteiger partial charge >= 0.3 is 11.9 Å². The van der Waals surface area contributed by atoms with E-state index in [0.717, 1.165) is 28.3 Å². The van der Waals surface area contributed by atoms with Crippen LogP contribution in [-0.2, 0) is 17.8 Å². The number of carboxylic acids is 2. The average molecular weight is 544 g/mol. The monoisotopic (exact) mass is 543 g/mol. The van der Waals surface area contributed by atoms with E-state index in [1.807, 2.05) is 54.6 Å². The zero-order chi connectivity index (χ0) is 28.6. The van der Waals surface area contributed by atoms with Gasteiger partial charge in [-0.2, -0.15) is 5.10 Å². The third-order valence-corrected chi connectivity index (χ3v) is 6.37. The minimum absolute atomic E-state index is 0.0844. The number of aliphatic hydroxyl groups is 1. The molecule has 0 aliphatic rings. The molecule has 4 rings (SSSR count). The molecule has 1 heterocycles. The second-order valence-corrected chi connectivity index (χ2v) is 9.26. The first-order chi connectivity index (χ1) is 19.2. The van der Waals surface area contributed by atoms with Gasteiger partial charge in [0.2, 0.25) is 0 Å². The zero-order valence-electron chi connectivity index (χ0n) is 21.7. The third-order valence-electron chi connectivity index (χ3n) is 6.37. The number of amides is 1. The summed E-state index contributed by atoms with van der Waals surface area (Å²) in [4.78, 5) is 36.4. The van der Waals surface area contributed by atoms with E-state index in [0.29, 0.717) is 5.75 Å². The van der Waals surface area contributed by atoms with Crippen molar-refractivity contribution in [1.82, 2.24) is 15.1 Å². The summed E-state index contributed by atoms with van der Waals surface area (Å²) in [6.45, 7) is 0.0844. The van der Waals surface area contributed by atoms with Crippen LogP contribution in [-0.4, -0.2) is 62.2 Å². The molecule has 206 valence electrons.